The molecule has 0 saturated carbocycles. The van der Waals surface area contributed by atoms with Gasteiger partial charge in [0.15, 0.2) is 0 Å². The number of rotatable bonds is 8. The summed E-state index contributed by atoms with van der Waals surface area (Å²) in [6.45, 7) is 4.52. The van der Waals surface area contributed by atoms with Gasteiger partial charge in [0.25, 0.3) is 0 Å². The molecule has 0 aliphatic carbocycles. The smallest absolute Gasteiger partial charge is 0.215 e. The Hall–Kier alpha value is -2.78. The zero-order valence-electron chi connectivity index (χ0n) is 15.3. The maximum absolute atomic E-state index is 12.2. The number of imidazole rings is 1. The molecule has 0 amide bonds. The maximum atomic E-state index is 12.2. The Kier molecular flexibility index (Phi) is 5.82. The molecule has 0 aliphatic heterocycles. The van der Waals surface area contributed by atoms with Gasteiger partial charge in [0.05, 0.1) is 5.75 Å². The molecule has 0 bridgehead atoms. The number of benzene rings is 1. The lowest BCUT2D eigenvalue weighted by molar-refractivity contribution is 0.582. The standard InChI is InChI=1S/C18H22N6O2S/c1-14-3-5-16(6-4-14)12-27(25,26)23-8-7-20-17-11-18(22-13-21-17)24-10-9-19-15(24)2/h3-6,9-11,13,23H,7-8,12H2,1-2H3,(H,20,21,22). The highest BCUT2D eigenvalue weighted by molar-refractivity contribution is 7.88. The second kappa shape index (κ2) is 8.28. The molecule has 1 aromatic carbocycles. The Morgan fingerprint density at radius 3 is 2.52 bits per heavy atom. The van der Waals surface area contributed by atoms with E-state index in [1.807, 2.05) is 48.9 Å². The Labute approximate surface area is 158 Å². The van der Waals surface area contributed by atoms with E-state index < -0.39 is 10.0 Å². The average molecular weight is 386 g/mol. The van der Waals surface area contributed by atoms with Crippen molar-refractivity contribution in [3.63, 3.8) is 0 Å². The predicted octanol–water partition coefficient (Wildman–Crippen LogP) is 1.81. The summed E-state index contributed by atoms with van der Waals surface area (Å²) in [4.78, 5) is 12.5. The van der Waals surface area contributed by atoms with Gasteiger partial charge in [0.1, 0.15) is 23.8 Å². The number of hydrogen-bond donors (Lipinski definition) is 2. The molecule has 0 spiro atoms. The first kappa shape index (κ1) is 19.0. The van der Waals surface area contributed by atoms with E-state index >= 15 is 0 Å². The van der Waals surface area contributed by atoms with Crippen molar-refractivity contribution in [1.82, 2.24) is 24.2 Å². The van der Waals surface area contributed by atoms with E-state index in [9.17, 15) is 8.42 Å². The minimum atomic E-state index is -3.39. The van der Waals surface area contributed by atoms with E-state index in [0.717, 1.165) is 17.0 Å². The SMILES string of the molecule is Cc1ccc(CS(=O)(=O)NCCNc2cc(-n3ccnc3C)ncn2)cc1. The van der Waals surface area contributed by atoms with Gasteiger partial charge in [0, 0.05) is 31.5 Å². The quantitative estimate of drug-likeness (QED) is 0.573. The first-order valence-corrected chi connectivity index (χ1v) is 10.2. The summed E-state index contributed by atoms with van der Waals surface area (Å²) >= 11 is 0. The predicted molar refractivity (Wildman–Crippen MR) is 104 cm³/mol. The first-order valence-electron chi connectivity index (χ1n) is 8.52. The van der Waals surface area contributed by atoms with Crippen molar-refractivity contribution in [2.45, 2.75) is 19.6 Å². The number of nitrogens with one attached hydrogen (secondary N) is 2. The zero-order valence-corrected chi connectivity index (χ0v) is 16.1. The van der Waals surface area contributed by atoms with Crippen molar-refractivity contribution < 1.29 is 8.42 Å². The first-order chi connectivity index (χ1) is 12.9. The Morgan fingerprint density at radius 1 is 1.04 bits per heavy atom. The van der Waals surface area contributed by atoms with Crippen molar-refractivity contribution in [3.8, 4) is 5.82 Å². The molecule has 0 radical (unpaired) electrons. The van der Waals surface area contributed by atoms with Crippen LogP contribution in [0.1, 0.15) is 17.0 Å². The van der Waals surface area contributed by atoms with Crippen LogP contribution in [0.15, 0.2) is 49.1 Å². The summed E-state index contributed by atoms with van der Waals surface area (Å²) < 4.78 is 28.8. The highest BCUT2D eigenvalue weighted by atomic mass is 32.2. The van der Waals surface area contributed by atoms with Crippen LogP contribution < -0.4 is 10.0 Å². The van der Waals surface area contributed by atoms with Gasteiger partial charge < -0.3 is 5.32 Å². The van der Waals surface area contributed by atoms with Gasteiger partial charge in [-0.25, -0.2) is 28.1 Å². The Bertz CT molecular complexity index is 999. The van der Waals surface area contributed by atoms with E-state index in [1.165, 1.54) is 6.33 Å². The average Bonchev–Trinajstić information content (AvgIpc) is 3.07. The van der Waals surface area contributed by atoms with E-state index in [-0.39, 0.29) is 12.3 Å². The van der Waals surface area contributed by atoms with Crippen molar-refractivity contribution in [3.05, 3.63) is 66.0 Å². The number of anilines is 1. The normalized spacial score (nSPS) is 11.5. The van der Waals surface area contributed by atoms with Crippen molar-refractivity contribution in [1.29, 1.82) is 0 Å². The zero-order chi connectivity index (χ0) is 19.3. The van der Waals surface area contributed by atoms with Gasteiger partial charge in [-0.05, 0) is 19.4 Å². The molecule has 0 saturated heterocycles. The molecule has 8 nitrogen and oxygen atoms in total. The Morgan fingerprint density at radius 2 is 1.81 bits per heavy atom. The van der Waals surface area contributed by atoms with Gasteiger partial charge >= 0.3 is 0 Å². The van der Waals surface area contributed by atoms with Gasteiger partial charge in [-0.1, -0.05) is 29.8 Å². The van der Waals surface area contributed by atoms with Crippen LogP contribution >= 0.6 is 0 Å². The van der Waals surface area contributed by atoms with Crippen molar-refractivity contribution >= 4 is 15.8 Å². The summed E-state index contributed by atoms with van der Waals surface area (Å²) in [5, 5.41) is 3.10. The number of aryl methyl sites for hydroxylation is 2. The summed E-state index contributed by atoms with van der Waals surface area (Å²) in [6.07, 6.45) is 4.98. The molecule has 2 aromatic heterocycles. The van der Waals surface area contributed by atoms with Crippen molar-refractivity contribution in [2.75, 3.05) is 18.4 Å². The molecule has 0 atom stereocenters. The molecule has 27 heavy (non-hydrogen) atoms. The largest absolute Gasteiger partial charge is 0.369 e. The topological polar surface area (TPSA) is 102 Å². The third kappa shape index (κ3) is 5.35. The van der Waals surface area contributed by atoms with E-state index in [0.29, 0.717) is 18.2 Å². The lowest BCUT2D eigenvalue weighted by atomic mass is 10.2. The lowest BCUT2D eigenvalue weighted by Crippen LogP contribution is -2.30. The fourth-order valence-electron chi connectivity index (χ4n) is 2.55. The highest BCUT2D eigenvalue weighted by Gasteiger charge is 2.11. The monoisotopic (exact) mass is 386 g/mol. The second-order valence-electron chi connectivity index (χ2n) is 6.17. The minimum Gasteiger partial charge on any atom is -0.369 e. The summed E-state index contributed by atoms with van der Waals surface area (Å²) in [6, 6.07) is 9.25. The van der Waals surface area contributed by atoms with Gasteiger partial charge in [0.2, 0.25) is 10.0 Å². The second-order valence-corrected chi connectivity index (χ2v) is 7.98. The third-order valence-electron chi connectivity index (χ3n) is 3.96. The summed E-state index contributed by atoms with van der Waals surface area (Å²) in [5.41, 5.74) is 1.86. The van der Waals surface area contributed by atoms with Crippen LogP contribution in [0.2, 0.25) is 0 Å². The summed E-state index contributed by atoms with van der Waals surface area (Å²) in [7, 11) is -3.39. The number of sulfonamides is 1. The van der Waals surface area contributed by atoms with Crippen LogP contribution in [0.3, 0.4) is 0 Å². The molecule has 3 aromatic rings. The van der Waals surface area contributed by atoms with Gasteiger partial charge in [-0.15, -0.1) is 0 Å². The number of nitrogens with zero attached hydrogens (tertiary/aromatic N) is 4. The maximum Gasteiger partial charge on any atom is 0.215 e. The molecule has 0 aliphatic rings. The summed E-state index contributed by atoms with van der Waals surface area (Å²) in [5.74, 6) is 2.10. The minimum absolute atomic E-state index is 0.0369. The van der Waals surface area contributed by atoms with Crippen LogP contribution in [0.5, 0.6) is 0 Å². The molecular weight excluding hydrogens is 364 g/mol. The molecule has 0 unspecified atom stereocenters. The van der Waals surface area contributed by atoms with E-state index in [2.05, 4.69) is 25.0 Å². The van der Waals surface area contributed by atoms with Crippen molar-refractivity contribution in [2.24, 2.45) is 0 Å². The molecular formula is C18H22N6O2S. The van der Waals surface area contributed by atoms with Crippen LogP contribution in [0.4, 0.5) is 5.82 Å². The number of aromatic nitrogens is 4. The molecule has 0 fully saturated rings. The third-order valence-corrected chi connectivity index (χ3v) is 5.31. The van der Waals surface area contributed by atoms with E-state index in [1.54, 1.807) is 12.3 Å². The lowest BCUT2D eigenvalue weighted by Gasteiger charge is -2.10. The molecule has 2 N–H and O–H groups in total. The van der Waals surface area contributed by atoms with E-state index in [4.69, 9.17) is 0 Å². The van der Waals surface area contributed by atoms with Crippen LogP contribution in [0.25, 0.3) is 5.82 Å². The molecule has 3 rings (SSSR count). The van der Waals surface area contributed by atoms with Crippen LogP contribution in [-0.4, -0.2) is 41.0 Å². The van der Waals surface area contributed by atoms with Gasteiger partial charge in [-0.3, -0.25) is 4.57 Å². The fraction of sp³-hybridized carbons (Fsp3) is 0.278. The fourth-order valence-corrected chi connectivity index (χ4v) is 3.69. The Balaban J connectivity index is 1.51. The van der Waals surface area contributed by atoms with Crippen LogP contribution in [0, 0.1) is 13.8 Å². The molecule has 9 heteroatoms. The molecule has 2 heterocycles. The highest BCUT2D eigenvalue weighted by Crippen LogP contribution is 2.10. The molecule has 142 valence electrons. The number of hydrogen-bond acceptors (Lipinski definition) is 6. The van der Waals surface area contributed by atoms with Crippen LogP contribution in [-0.2, 0) is 15.8 Å². The van der Waals surface area contributed by atoms with Gasteiger partial charge in [-0.2, -0.15) is 0 Å².